The van der Waals surface area contributed by atoms with E-state index >= 15 is 0 Å². The summed E-state index contributed by atoms with van der Waals surface area (Å²) in [4.78, 5) is 10.9. The van der Waals surface area contributed by atoms with Gasteiger partial charge < -0.3 is 10.6 Å². The lowest BCUT2D eigenvalue weighted by Crippen LogP contribution is -2.33. The average molecular weight is 126 g/mol. The maximum Gasteiger partial charge on any atom is 0.237 e. The summed E-state index contributed by atoms with van der Waals surface area (Å²) in [7, 11) is 0. The number of carbonyl (C=O) groups is 1. The van der Waals surface area contributed by atoms with Crippen LogP contribution < -0.4 is 10.6 Å². The number of amides is 1. The van der Waals surface area contributed by atoms with Crippen LogP contribution in [0.15, 0.2) is 0 Å². The molecule has 2 heterocycles. The SMILES string of the molecule is O=C1NC[C@@H]2CCN[C@H]12. The van der Waals surface area contributed by atoms with E-state index in [4.69, 9.17) is 0 Å². The number of fused-ring (bicyclic) bond motifs is 1. The van der Waals surface area contributed by atoms with E-state index in [0.717, 1.165) is 19.5 Å². The number of hydrogen-bond acceptors (Lipinski definition) is 2. The van der Waals surface area contributed by atoms with Gasteiger partial charge in [0.2, 0.25) is 5.91 Å². The molecular formula is C6H10N2O. The molecule has 50 valence electrons. The highest BCUT2D eigenvalue weighted by Gasteiger charge is 2.37. The van der Waals surface area contributed by atoms with Gasteiger partial charge >= 0.3 is 0 Å². The molecule has 0 bridgehead atoms. The van der Waals surface area contributed by atoms with Crippen LogP contribution in [0.5, 0.6) is 0 Å². The summed E-state index contributed by atoms with van der Waals surface area (Å²) in [5.74, 6) is 0.773. The highest BCUT2D eigenvalue weighted by atomic mass is 16.2. The van der Waals surface area contributed by atoms with Gasteiger partial charge in [-0.3, -0.25) is 4.79 Å². The van der Waals surface area contributed by atoms with Crippen LogP contribution in [0.2, 0.25) is 0 Å². The smallest absolute Gasteiger partial charge is 0.237 e. The van der Waals surface area contributed by atoms with Crippen molar-refractivity contribution in [3.63, 3.8) is 0 Å². The summed E-state index contributed by atoms with van der Waals surface area (Å²) in [6, 6.07) is 0.144. The summed E-state index contributed by atoms with van der Waals surface area (Å²) in [6.07, 6.45) is 1.16. The summed E-state index contributed by atoms with van der Waals surface area (Å²) in [5, 5.41) is 5.98. The van der Waals surface area contributed by atoms with E-state index in [0.29, 0.717) is 5.92 Å². The molecule has 2 N–H and O–H groups in total. The summed E-state index contributed by atoms with van der Waals surface area (Å²) in [5.41, 5.74) is 0. The zero-order chi connectivity index (χ0) is 6.27. The van der Waals surface area contributed by atoms with Crippen molar-refractivity contribution in [2.45, 2.75) is 12.5 Å². The Bertz CT molecular complexity index is 146. The van der Waals surface area contributed by atoms with Gasteiger partial charge in [0.25, 0.3) is 0 Å². The minimum Gasteiger partial charge on any atom is -0.354 e. The first kappa shape index (κ1) is 5.23. The van der Waals surface area contributed by atoms with Crippen molar-refractivity contribution >= 4 is 5.91 Å². The lowest BCUT2D eigenvalue weighted by molar-refractivity contribution is -0.120. The normalized spacial score (nSPS) is 40.7. The summed E-state index contributed by atoms with van der Waals surface area (Å²) >= 11 is 0. The third-order valence-corrected chi connectivity index (χ3v) is 2.17. The van der Waals surface area contributed by atoms with Crippen molar-refractivity contribution in [3.05, 3.63) is 0 Å². The van der Waals surface area contributed by atoms with E-state index in [2.05, 4.69) is 10.6 Å². The van der Waals surface area contributed by atoms with Crippen LogP contribution in [-0.2, 0) is 4.79 Å². The molecule has 0 radical (unpaired) electrons. The molecule has 2 atom stereocenters. The van der Waals surface area contributed by atoms with Gasteiger partial charge in [0.1, 0.15) is 0 Å². The lowest BCUT2D eigenvalue weighted by atomic mass is 10.1. The topological polar surface area (TPSA) is 41.1 Å². The zero-order valence-electron chi connectivity index (χ0n) is 5.18. The van der Waals surface area contributed by atoms with E-state index in [1.165, 1.54) is 0 Å². The molecule has 0 unspecified atom stereocenters. The van der Waals surface area contributed by atoms with Gasteiger partial charge in [-0.15, -0.1) is 0 Å². The molecular weight excluding hydrogens is 116 g/mol. The van der Waals surface area contributed by atoms with E-state index in [1.54, 1.807) is 0 Å². The van der Waals surface area contributed by atoms with Gasteiger partial charge in [-0.25, -0.2) is 0 Å². The largest absolute Gasteiger partial charge is 0.354 e. The van der Waals surface area contributed by atoms with Crippen LogP contribution in [0.1, 0.15) is 6.42 Å². The Hall–Kier alpha value is -0.570. The molecule has 0 aromatic carbocycles. The maximum absolute atomic E-state index is 10.9. The van der Waals surface area contributed by atoms with Crippen molar-refractivity contribution in [2.24, 2.45) is 5.92 Å². The van der Waals surface area contributed by atoms with Crippen LogP contribution in [-0.4, -0.2) is 25.0 Å². The van der Waals surface area contributed by atoms with E-state index < -0.39 is 0 Å². The van der Waals surface area contributed by atoms with Gasteiger partial charge in [-0.05, 0) is 13.0 Å². The molecule has 3 heteroatoms. The number of rotatable bonds is 0. The van der Waals surface area contributed by atoms with Gasteiger partial charge in [0.15, 0.2) is 0 Å². The fourth-order valence-corrected chi connectivity index (χ4v) is 1.63. The first-order valence-corrected chi connectivity index (χ1v) is 3.39. The maximum atomic E-state index is 10.9. The Morgan fingerprint density at radius 2 is 2.44 bits per heavy atom. The minimum atomic E-state index is 0.144. The van der Waals surface area contributed by atoms with E-state index in [-0.39, 0.29) is 11.9 Å². The van der Waals surface area contributed by atoms with Gasteiger partial charge in [0.05, 0.1) is 6.04 Å². The van der Waals surface area contributed by atoms with Crippen LogP contribution in [0.25, 0.3) is 0 Å². The van der Waals surface area contributed by atoms with Gasteiger partial charge in [-0.1, -0.05) is 0 Å². The summed E-state index contributed by atoms with van der Waals surface area (Å²) in [6.45, 7) is 1.90. The third-order valence-electron chi connectivity index (χ3n) is 2.17. The highest BCUT2D eigenvalue weighted by molar-refractivity contribution is 5.84. The predicted octanol–water partition coefficient (Wildman–Crippen LogP) is -0.906. The van der Waals surface area contributed by atoms with Crippen molar-refractivity contribution in [1.82, 2.24) is 10.6 Å². The van der Waals surface area contributed by atoms with Crippen LogP contribution >= 0.6 is 0 Å². The molecule has 9 heavy (non-hydrogen) atoms. The Balaban J connectivity index is 2.15. The summed E-state index contributed by atoms with van der Waals surface area (Å²) < 4.78 is 0. The van der Waals surface area contributed by atoms with Crippen molar-refractivity contribution in [1.29, 1.82) is 0 Å². The molecule has 0 spiro atoms. The Kier molecular flexibility index (Phi) is 0.990. The Morgan fingerprint density at radius 1 is 1.56 bits per heavy atom. The van der Waals surface area contributed by atoms with Crippen molar-refractivity contribution in [2.75, 3.05) is 13.1 Å². The van der Waals surface area contributed by atoms with Gasteiger partial charge in [0, 0.05) is 12.5 Å². The monoisotopic (exact) mass is 126 g/mol. The lowest BCUT2D eigenvalue weighted by Gasteiger charge is -2.01. The fraction of sp³-hybridized carbons (Fsp3) is 0.833. The van der Waals surface area contributed by atoms with E-state index in [1.807, 2.05) is 0 Å². The third kappa shape index (κ3) is 0.645. The zero-order valence-corrected chi connectivity index (χ0v) is 5.18. The molecule has 2 aliphatic rings. The standard InChI is InChI=1S/C6H10N2O/c9-6-5-4(3-8-6)1-2-7-5/h4-5,7H,1-3H2,(H,8,9)/t4-,5-/m0/s1. The second-order valence-electron chi connectivity index (χ2n) is 2.73. The molecule has 2 rings (SSSR count). The molecule has 0 saturated carbocycles. The minimum absolute atomic E-state index is 0.144. The Morgan fingerprint density at radius 3 is 3.22 bits per heavy atom. The van der Waals surface area contributed by atoms with Crippen molar-refractivity contribution < 1.29 is 4.79 Å². The Labute approximate surface area is 53.8 Å². The quantitative estimate of drug-likeness (QED) is 0.441. The van der Waals surface area contributed by atoms with Crippen molar-refractivity contribution in [3.8, 4) is 0 Å². The number of nitrogens with one attached hydrogen (secondary N) is 2. The second-order valence-corrected chi connectivity index (χ2v) is 2.73. The molecule has 2 fully saturated rings. The van der Waals surface area contributed by atoms with Crippen LogP contribution in [0.3, 0.4) is 0 Å². The average Bonchev–Trinajstić information content (AvgIpc) is 2.35. The first-order valence-electron chi connectivity index (χ1n) is 3.39. The van der Waals surface area contributed by atoms with E-state index in [9.17, 15) is 4.79 Å². The number of carbonyl (C=O) groups excluding carboxylic acids is 1. The first-order chi connectivity index (χ1) is 4.38. The highest BCUT2D eigenvalue weighted by Crippen LogP contribution is 2.18. The molecule has 2 saturated heterocycles. The number of hydrogen-bond donors (Lipinski definition) is 2. The van der Waals surface area contributed by atoms with Gasteiger partial charge in [-0.2, -0.15) is 0 Å². The molecule has 0 aromatic heterocycles. The molecule has 1 amide bonds. The molecule has 2 aliphatic heterocycles. The molecule has 0 aromatic rings. The fourth-order valence-electron chi connectivity index (χ4n) is 1.63. The second kappa shape index (κ2) is 1.70. The molecule has 3 nitrogen and oxygen atoms in total. The van der Waals surface area contributed by atoms with Crippen LogP contribution in [0.4, 0.5) is 0 Å². The predicted molar refractivity (Wildman–Crippen MR) is 32.9 cm³/mol. The molecule has 0 aliphatic carbocycles. The van der Waals surface area contributed by atoms with Crippen LogP contribution in [0, 0.1) is 5.92 Å².